The number of fused-ring (bicyclic) bond motifs is 1. The second kappa shape index (κ2) is 5.65. The zero-order chi connectivity index (χ0) is 16.8. The Kier molecular flexibility index (Phi) is 3.94. The first-order valence-electron chi connectivity index (χ1n) is 6.12. The van der Waals surface area contributed by atoms with Crippen molar-refractivity contribution in [3.05, 3.63) is 27.8 Å². The second-order valence-corrected chi connectivity index (χ2v) is 7.35. The van der Waals surface area contributed by atoms with Gasteiger partial charge < -0.3 is 4.74 Å². The maximum Gasteiger partial charge on any atom is 0.300 e. The van der Waals surface area contributed by atoms with E-state index in [9.17, 15) is 8.42 Å². The largest absolute Gasteiger partial charge is 0.481 e. The van der Waals surface area contributed by atoms with Crippen LogP contribution in [-0.2, 0) is 17.1 Å². The summed E-state index contributed by atoms with van der Waals surface area (Å²) in [7, 11) is -0.934. The van der Waals surface area contributed by atoms with Gasteiger partial charge in [0.25, 0.3) is 5.16 Å². The van der Waals surface area contributed by atoms with E-state index in [4.69, 9.17) is 16.3 Å². The molecule has 0 saturated heterocycles. The molecule has 0 radical (unpaired) electrons. The summed E-state index contributed by atoms with van der Waals surface area (Å²) in [6.45, 7) is 0. The van der Waals surface area contributed by atoms with Crippen molar-refractivity contribution in [1.82, 2.24) is 24.4 Å². The first-order chi connectivity index (χ1) is 10.8. The molecule has 0 unspecified atom stereocenters. The summed E-state index contributed by atoms with van der Waals surface area (Å²) in [5, 5.41) is 7.88. The number of hydrogen-bond acceptors (Lipinski definition) is 6. The van der Waals surface area contributed by atoms with Crippen LogP contribution in [0.25, 0.3) is 5.65 Å². The van der Waals surface area contributed by atoms with Crippen LogP contribution in [0.4, 0.5) is 5.82 Å². The van der Waals surface area contributed by atoms with Crippen molar-refractivity contribution >= 4 is 49.0 Å². The third-order valence-electron chi connectivity index (χ3n) is 2.81. The van der Waals surface area contributed by atoms with Crippen molar-refractivity contribution < 1.29 is 13.2 Å². The van der Waals surface area contributed by atoms with E-state index in [1.54, 1.807) is 13.2 Å². The third kappa shape index (κ3) is 2.99. The minimum atomic E-state index is -4.02. The highest BCUT2D eigenvalue weighted by Crippen LogP contribution is 2.24. The molecule has 0 fully saturated rings. The Hall–Kier alpha value is -1.85. The number of ether oxygens (including phenoxy) is 1. The molecule has 0 aromatic carbocycles. The Labute approximate surface area is 144 Å². The Morgan fingerprint density at radius 2 is 2.09 bits per heavy atom. The molecule has 0 spiro atoms. The van der Waals surface area contributed by atoms with Crippen LogP contribution in [0.3, 0.4) is 0 Å². The summed E-state index contributed by atoms with van der Waals surface area (Å²) in [6, 6.07) is 2.98. The zero-order valence-corrected chi connectivity index (χ0v) is 15.0. The number of rotatable bonds is 4. The Balaban J connectivity index is 2.06. The molecule has 3 aromatic heterocycles. The molecule has 0 aliphatic heterocycles. The van der Waals surface area contributed by atoms with Crippen molar-refractivity contribution in [3.63, 3.8) is 0 Å². The fourth-order valence-electron chi connectivity index (χ4n) is 1.87. The maximum absolute atomic E-state index is 12.4. The van der Waals surface area contributed by atoms with Crippen LogP contribution in [0.15, 0.2) is 28.0 Å². The SMILES string of the molecule is COc1cc(Cl)cc2nc(S(=O)(=O)Nc3nn(C)cc3Br)nn12. The van der Waals surface area contributed by atoms with E-state index in [2.05, 4.69) is 35.8 Å². The summed E-state index contributed by atoms with van der Waals surface area (Å²) < 4.78 is 35.5. The second-order valence-electron chi connectivity index (χ2n) is 4.49. The molecule has 9 nitrogen and oxygen atoms in total. The average Bonchev–Trinajstić information content (AvgIpc) is 3.01. The summed E-state index contributed by atoms with van der Waals surface area (Å²) >= 11 is 9.15. The summed E-state index contributed by atoms with van der Waals surface area (Å²) in [5.74, 6) is 0.400. The van der Waals surface area contributed by atoms with Crippen LogP contribution in [0, 0.1) is 0 Å². The van der Waals surface area contributed by atoms with Gasteiger partial charge >= 0.3 is 10.0 Å². The Bertz CT molecular complexity index is 999. The van der Waals surface area contributed by atoms with Gasteiger partial charge in [-0.3, -0.25) is 9.40 Å². The molecule has 1 N–H and O–H groups in total. The molecule has 0 aliphatic carbocycles. The van der Waals surface area contributed by atoms with Gasteiger partial charge in [-0.05, 0) is 15.9 Å². The lowest BCUT2D eigenvalue weighted by molar-refractivity contribution is 0.384. The van der Waals surface area contributed by atoms with Crippen LogP contribution in [0.5, 0.6) is 5.88 Å². The summed E-state index contributed by atoms with van der Waals surface area (Å²) in [5.41, 5.74) is 0.245. The van der Waals surface area contributed by atoms with Crippen molar-refractivity contribution in [2.24, 2.45) is 7.05 Å². The molecular formula is C11H10BrClN6O3S. The predicted molar refractivity (Wildman–Crippen MR) is 86.3 cm³/mol. The molecule has 3 rings (SSSR count). The number of nitrogens with zero attached hydrogens (tertiary/aromatic N) is 5. The van der Waals surface area contributed by atoms with Crippen molar-refractivity contribution in [3.8, 4) is 5.88 Å². The number of nitrogens with one attached hydrogen (secondary N) is 1. The fraction of sp³-hybridized carbons (Fsp3) is 0.182. The van der Waals surface area contributed by atoms with Gasteiger partial charge in [0.2, 0.25) is 5.88 Å². The molecule has 122 valence electrons. The number of aryl methyl sites for hydroxylation is 1. The molecule has 12 heteroatoms. The van der Waals surface area contributed by atoms with Gasteiger partial charge in [-0.1, -0.05) is 11.6 Å². The van der Waals surface area contributed by atoms with Gasteiger partial charge in [0.15, 0.2) is 11.5 Å². The third-order valence-corrected chi connectivity index (χ3v) is 4.73. The lowest BCUT2D eigenvalue weighted by atomic mass is 10.4. The number of halogens is 2. The van der Waals surface area contributed by atoms with Crippen LogP contribution in [0.1, 0.15) is 0 Å². The van der Waals surface area contributed by atoms with E-state index in [0.717, 1.165) is 0 Å². The molecule has 3 heterocycles. The molecular weight excluding hydrogens is 412 g/mol. The number of sulfonamides is 1. The van der Waals surface area contributed by atoms with E-state index >= 15 is 0 Å². The van der Waals surface area contributed by atoms with E-state index in [1.807, 2.05) is 0 Å². The van der Waals surface area contributed by atoms with Gasteiger partial charge in [0, 0.05) is 30.4 Å². The highest BCUT2D eigenvalue weighted by Gasteiger charge is 2.24. The Morgan fingerprint density at radius 1 is 1.35 bits per heavy atom. The number of methoxy groups -OCH3 is 1. The fourth-order valence-corrected chi connectivity index (χ4v) is 3.56. The van der Waals surface area contributed by atoms with Gasteiger partial charge in [-0.25, -0.2) is 0 Å². The zero-order valence-electron chi connectivity index (χ0n) is 11.9. The van der Waals surface area contributed by atoms with Crippen LogP contribution < -0.4 is 9.46 Å². The highest BCUT2D eigenvalue weighted by molar-refractivity contribution is 9.10. The molecule has 23 heavy (non-hydrogen) atoms. The lowest BCUT2D eigenvalue weighted by Gasteiger charge is -2.02. The summed E-state index contributed by atoms with van der Waals surface area (Å²) in [4.78, 5) is 3.97. The normalized spacial score (nSPS) is 11.8. The quantitative estimate of drug-likeness (QED) is 0.687. The van der Waals surface area contributed by atoms with Crippen LogP contribution in [0.2, 0.25) is 5.02 Å². The molecule has 3 aromatic rings. The monoisotopic (exact) mass is 420 g/mol. The van der Waals surface area contributed by atoms with Gasteiger partial charge in [0.1, 0.15) is 0 Å². The Morgan fingerprint density at radius 3 is 2.70 bits per heavy atom. The highest BCUT2D eigenvalue weighted by atomic mass is 79.9. The topological polar surface area (TPSA) is 103 Å². The van der Waals surface area contributed by atoms with E-state index in [0.29, 0.717) is 9.50 Å². The molecule has 0 saturated carbocycles. The van der Waals surface area contributed by atoms with Gasteiger partial charge in [0.05, 0.1) is 11.6 Å². The minimum absolute atomic E-state index is 0.136. The number of anilines is 1. The number of pyridine rings is 1. The minimum Gasteiger partial charge on any atom is -0.481 e. The molecule has 0 amide bonds. The van der Waals surface area contributed by atoms with Crippen LogP contribution in [-0.4, -0.2) is 39.9 Å². The standard InChI is InChI=1S/C11H10BrClN6O3S/c1-18-5-7(12)10(15-18)17-23(20,21)11-14-8-3-6(13)4-9(22-2)19(8)16-11/h3-5H,1-2H3,(H,15,17). The average molecular weight is 422 g/mol. The predicted octanol–water partition coefficient (Wildman–Crippen LogP) is 1.69. The van der Waals surface area contributed by atoms with Gasteiger partial charge in [-0.15, -0.1) is 5.10 Å². The number of aromatic nitrogens is 5. The first kappa shape index (κ1) is 16.0. The number of hydrogen-bond donors (Lipinski definition) is 1. The molecule has 0 bridgehead atoms. The molecule has 0 atom stereocenters. The van der Waals surface area contributed by atoms with Gasteiger partial charge in [-0.2, -0.15) is 23.0 Å². The first-order valence-corrected chi connectivity index (χ1v) is 8.78. The van der Waals surface area contributed by atoms with Crippen molar-refractivity contribution in [1.29, 1.82) is 0 Å². The van der Waals surface area contributed by atoms with Crippen molar-refractivity contribution in [2.75, 3.05) is 11.8 Å². The summed E-state index contributed by atoms with van der Waals surface area (Å²) in [6.07, 6.45) is 1.61. The molecule has 0 aliphatic rings. The smallest absolute Gasteiger partial charge is 0.300 e. The van der Waals surface area contributed by atoms with Crippen molar-refractivity contribution in [2.45, 2.75) is 5.16 Å². The van der Waals surface area contributed by atoms with Crippen LogP contribution >= 0.6 is 27.5 Å². The maximum atomic E-state index is 12.4. The van der Waals surface area contributed by atoms with E-state index < -0.39 is 15.2 Å². The lowest BCUT2D eigenvalue weighted by Crippen LogP contribution is -2.15. The van der Waals surface area contributed by atoms with E-state index in [-0.39, 0.29) is 17.3 Å². The van der Waals surface area contributed by atoms with E-state index in [1.165, 1.54) is 28.4 Å².